The van der Waals surface area contributed by atoms with Gasteiger partial charge in [0.1, 0.15) is 0 Å². The van der Waals surface area contributed by atoms with Crippen LogP contribution in [0.25, 0.3) is 0 Å². The van der Waals surface area contributed by atoms with E-state index >= 15 is 0 Å². The Hall–Kier alpha value is -0.140. The van der Waals surface area contributed by atoms with Crippen LogP contribution in [0.15, 0.2) is 33.6 Å². The molecule has 2 N–H and O–H groups in total. The highest BCUT2D eigenvalue weighted by atomic mass is 79.9. The second-order valence-electron chi connectivity index (χ2n) is 3.87. The third kappa shape index (κ3) is 3.20. The molecule has 4 nitrogen and oxygen atoms in total. The van der Waals surface area contributed by atoms with Crippen LogP contribution >= 0.6 is 28.3 Å². The summed E-state index contributed by atoms with van der Waals surface area (Å²) in [7, 11) is -3.37. The zero-order valence-corrected chi connectivity index (χ0v) is 12.3. The first-order valence-electron chi connectivity index (χ1n) is 5.01. The van der Waals surface area contributed by atoms with Crippen LogP contribution in [0, 0.1) is 0 Å². The predicted molar refractivity (Wildman–Crippen MR) is 72.7 cm³/mol. The molecule has 0 spiro atoms. The molecule has 96 valence electrons. The number of hydrogen-bond donors (Lipinski definition) is 1. The molecule has 1 aromatic carbocycles. The van der Waals surface area contributed by atoms with Gasteiger partial charge in [0.25, 0.3) is 0 Å². The van der Waals surface area contributed by atoms with Gasteiger partial charge in [-0.15, -0.1) is 12.4 Å². The van der Waals surface area contributed by atoms with E-state index in [-0.39, 0.29) is 18.4 Å². The smallest absolute Gasteiger partial charge is 0.243 e. The number of benzene rings is 1. The van der Waals surface area contributed by atoms with Crippen LogP contribution in [-0.2, 0) is 10.0 Å². The molecule has 17 heavy (non-hydrogen) atoms. The highest BCUT2D eigenvalue weighted by molar-refractivity contribution is 9.10. The van der Waals surface area contributed by atoms with Crippen molar-refractivity contribution in [1.82, 2.24) is 4.31 Å². The van der Waals surface area contributed by atoms with Crippen molar-refractivity contribution < 1.29 is 8.42 Å². The molecule has 1 aliphatic heterocycles. The highest BCUT2D eigenvalue weighted by Crippen LogP contribution is 2.22. The van der Waals surface area contributed by atoms with E-state index in [1.54, 1.807) is 24.3 Å². The molecule has 1 unspecified atom stereocenters. The lowest BCUT2D eigenvalue weighted by molar-refractivity contribution is 0.472. The zero-order valence-electron chi connectivity index (χ0n) is 9.04. The predicted octanol–water partition coefficient (Wildman–Crippen LogP) is 1.59. The average molecular weight is 342 g/mol. The third-order valence-corrected chi connectivity index (χ3v) is 4.98. The molecule has 1 heterocycles. The Morgan fingerprint density at radius 1 is 1.41 bits per heavy atom. The van der Waals surface area contributed by atoms with Crippen LogP contribution in [0.4, 0.5) is 0 Å². The van der Waals surface area contributed by atoms with Crippen LogP contribution in [0.5, 0.6) is 0 Å². The molecule has 0 aromatic heterocycles. The van der Waals surface area contributed by atoms with E-state index in [0.717, 1.165) is 10.9 Å². The normalized spacial score (nSPS) is 21.2. The van der Waals surface area contributed by atoms with E-state index in [2.05, 4.69) is 15.9 Å². The van der Waals surface area contributed by atoms with Crippen molar-refractivity contribution in [2.45, 2.75) is 17.4 Å². The van der Waals surface area contributed by atoms with E-state index < -0.39 is 10.0 Å². The van der Waals surface area contributed by atoms with Gasteiger partial charge in [-0.25, -0.2) is 8.42 Å². The van der Waals surface area contributed by atoms with Gasteiger partial charge in [0.15, 0.2) is 0 Å². The van der Waals surface area contributed by atoms with Crippen molar-refractivity contribution in [3.63, 3.8) is 0 Å². The van der Waals surface area contributed by atoms with Crippen molar-refractivity contribution >= 4 is 38.4 Å². The number of hydrogen-bond acceptors (Lipinski definition) is 3. The van der Waals surface area contributed by atoms with Crippen molar-refractivity contribution in [2.75, 3.05) is 13.1 Å². The Morgan fingerprint density at radius 3 is 2.65 bits per heavy atom. The van der Waals surface area contributed by atoms with Crippen LogP contribution in [0.1, 0.15) is 6.42 Å². The maximum absolute atomic E-state index is 12.2. The van der Waals surface area contributed by atoms with Crippen LogP contribution < -0.4 is 5.73 Å². The maximum atomic E-state index is 12.2. The summed E-state index contributed by atoms with van der Waals surface area (Å²) >= 11 is 3.27. The summed E-state index contributed by atoms with van der Waals surface area (Å²) in [6.07, 6.45) is 0.729. The fourth-order valence-electron chi connectivity index (χ4n) is 1.75. The molecule has 7 heteroatoms. The fraction of sp³-hybridized carbons (Fsp3) is 0.400. The minimum atomic E-state index is -3.37. The summed E-state index contributed by atoms with van der Waals surface area (Å²) in [5, 5.41) is 0. The fourth-order valence-corrected chi connectivity index (χ4v) is 3.86. The molecule has 1 aliphatic rings. The Balaban J connectivity index is 0.00000144. The zero-order chi connectivity index (χ0) is 11.8. The topological polar surface area (TPSA) is 63.4 Å². The van der Waals surface area contributed by atoms with Crippen molar-refractivity contribution in [3.05, 3.63) is 28.7 Å². The molecule has 1 fully saturated rings. The van der Waals surface area contributed by atoms with Gasteiger partial charge in [0.2, 0.25) is 10.0 Å². The lowest BCUT2D eigenvalue weighted by atomic mass is 10.3. The molecule has 1 saturated heterocycles. The SMILES string of the molecule is Cl.NC1CCN(S(=O)(=O)c2cccc(Br)c2)C1. The van der Waals surface area contributed by atoms with Gasteiger partial charge in [-0.3, -0.25) is 0 Å². The molecule has 1 aromatic rings. The second-order valence-corrected chi connectivity index (χ2v) is 6.72. The molecule has 0 radical (unpaired) electrons. The van der Waals surface area contributed by atoms with Gasteiger partial charge < -0.3 is 5.73 Å². The van der Waals surface area contributed by atoms with Crippen molar-refractivity contribution in [2.24, 2.45) is 5.73 Å². The Labute approximate surface area is 116 Å². The first-order valence-corrected chi connectivity index (χ1v) is 7.25. The summed E-state index contributed by atoms with van der Waals surface area (Å²) in [6.45, 7) is 0.921. The maximum Gasteiger partial charge on any atom is 0.243 e. The Bertz CT molecular complexity index is 495. The minimum Gasteiger partial charge on any atom is -0.326 e. The van der Waals surface area contributed by atoms with Gasteiger partial charge in [-0.05, 0) is 24.6 Å². The monoisotopic (exact) mass is 340 g/mol. The molecule has 0 aliphatic carbocycles. The first kappa shape index (κ1) is 14.9. The van der Waals surface area contributed by atoms with Crippen molar-refractivity contribution in [1.29, 1.82) is 0 Å². The molecule has 0 bridgehead atoms. The Morgan fingerprint density at radius 2 is 2.12 bits per heavy atom. The van der Waals surface area contributed by atoms with Gasteiger partial charge in [-0.1, -0.05) is 22.0 Å². The lowest BCUT2D eigenvalue weighted by Crippen LogP contribution is -2.31. The van der Waals surface area contributed by atoms with Crippen LogP contribution in [0.3, 0.4) is 0 Å². The average Bonchev–Trinajstić information content (AvgIpc) is 2.65. The van der Waals surface area contributed by atoms with E-state index in [1.165, 1.54) is 4.31 Å². The van der Waals surface area contributed by atoms with Gasteiger partial charge in [-0.2, -0.15) is 4.31 Å². The molecule has 0 amide bonds. The molecular weight excluding hydrogens is 328 g/mol. The van der Waals surface area contributed by atoms with Crippen molar-refractivity contribution in [3.8, 4) is 0 Å². The summed E-state index contributed by atoms with van der Waals surface area (Å²) in [5.74, 6) is 0. The van der Waals surface area contributed by atoms with E-state index in [9.17, 15) is 8.42 Å². The van der Waals surface area contributed by atoms with Gasteiger partial charge in [0, 0.05) is 23.6 Å². The number of nitrogens with zero attached hydrogens (tertiary/aromatic N) is 1. The number of nitrogens with two attached hydrogens (primary N) is 1. The van der Waals surface area contributed by atoms with E-state index in [1.807, 2.05) is 0 Å². The molecule has 0 saturated carbocycles. The number of rotatable bonds is 2. The van der Waals surface area contributed by atoms with E-state index in [0.29, 0.717) is 18.0 Å². The van der Waals surface area contributed by atoms with Crippen LogP contribution in [-0.4, -0.2) is 31.9 Å². The molecule has 1 atom stereocenters. The standard InChI is InChI=1S/C10H13BrN2O2S.ClH/c11-8-2-1-3-10(6-8)16(14,15)13-5-4-9(12)7-13;/h1-3,6,9H,4-5,7,12H2;1H. The third-order valence-electron chi connectivity index (χ3n) is 2.62. The molecular formula is C10H14BrClN2O2S. The summed E-state index contributed by atoms with van der Waals surface area (Å²) in [4.78, 5) is 0.316. The molecule has 2 rings (SSSR count). The van der Waals surface area contributed by atoms with E-state index in [4.69, 9.17) is 5.73 Å². The number of sulfonamides is 1. The summed E-state index contributed by atoms with van der Waals surface area (Å²) < 4.78 is 26.6. The first-order chi connectivity index (χ1) is 7.50. The van der Waals surface area contributed by atoms with Gasteiger partial charge >= 0.3 is 0 Å². The highest BCUT2D eigenvalue weighted by Gasteiger charge is 2.30. The second kappa shape index (κ2) is 5.67. The Kier molecular flexibility index (Phi) is 4.97. The van der Waals surface area contributed by atoms with Gasteiger partial charge in [0.05, 0.1) is 4.90 Å². The lowest BCUT2D eigenvalue weighted by Gasteiger charge is -2.15. The summed E-state index contributed by atoms with van der Waals surface area (Å²) in [6, 6.07) is 6.69. The number of halogens is 2. The summed E-state index contributed by atoms with van der Waals surface area (Å²) in [5.41, 5.74) is 5.71. The quantitative estimate of drug-likeness (QED) is 0.888. The minimum absolute atomic E-state index is 0. The largest absolute Gasteiger partial charge is 0.326 e. The van der Waals surface area contributed by atoms with Crippen LogP contribution in [0.2, 0.25) is 0 Å².